The Balaban J connectivity index is 2.01. The maximum atomic E-state index is 11.8. The summed E-state index contributed by atoms with van der Waals surface area (Å²) in [5, 5.41) is 11.4. The number of nitrogens with zero attached hydrogens (tertiary/aromatic N) is 1. The van der Waals surface area contributed by atoms with Crippen LogP contribution in [0.3, 0.4) is 0 Å². The number of carboxylic acid groups (broad SMARTS) is 1. The topological polar surface area (TPSA) is 113 Å². The lowest BCUT2D eigenvalue weighted by Crippen LogP contribution is -2.19. The first kappa shape index (κ1) is 14.4. The highest BCUT2D eigenvalue weighted by Gasteiger charge is 2.29. The Hall–Kier alpha value is -1.96. The molecule has 2 heterocycles. The molecule has 1 unspecified atom stereocenters. The second kappa shape index (κ2) is 5.58. The molecule has 1 fully saturated rings. The number of nitrogens with one attached hydrogen (secondary N) is 1. The van der Waals surface area contributed by atoms with Crippen LogP contribution in [0.25, 0.3) is 0 Å². The third-order valence-corrected chi connectivity index (χ3v) is 4.92. The normalized spacial score (nSPS) is 20.5. The minimum atomic E-state index is -3.02. The van der Waals surface area contributed by atoms with Gasteiger partial charge in [0.2, 0.25) is 5.91 Å². The van der Waals surface area contributed by atoms with Crippen molar-refractivity contribution in [2.45, 2.75) is 12.8 Å². The number of rotatable bonds is 4. The summed E-state index contributed by atoms with van der Waals surface area (Å²) in [6, 6.07) is 2.96. The van der Waals surface area contributed by atoms with E-state index in [4.69, 9.17) is 5.11 Å². The number of hydrogen-bond acceptors (Lipinski definition) is 5. The Morgan fingerprint density at radius 3 is 2.80 bits per heavy atom. The number of anilines is 1. The molecule has 7 nitrogen and oxygen atoms in total. The highest BCUT2D eigenvalue weighted by Crippen LogP contribution is 2.22. The monoisotopic (exact) mass is 298 g/mol. The van der Waals surface area contributed by atoms with E-state index in [9.17, 15) is 18.0 Å². The number of aromatic carboxylic acids is 1. The zero-order chi connectivity index (χ0) is 14.8. The summed E-state index contributed by atoms with van der Waals surface area (Å²) in [7, 11) is -3.02. The molecule has 0 spiro atoms. The van der Waals surface area contributed by atoms with Crippen molar-refractivity contribution in [3.05, 3.63) is 24.0 Å². The van der Waals surface area contributed by atoms with Crippen molar-refractivity contribution in [3.8, 4) is 0 Å². The molecule has 2 N–H and O–H groups in total. The quantitative estimate of drug-likeness (QED) is 0.838. The zero-order valence-corrected chi connectivity index (χ0v) is 11.4. The molecule has 1 aliphatic heterocycles. The van der Waals surface area contributed by atoms with Gasteiger partial charge in [0, 0.05) is 12.6 Å². The molecule has 2 rings (SSSR count). The van der Waals surface area contributed by atoms with Gasteiger partial charge in [-0.05, 0) is 24.5 Å². The minimum Gasteiger partial charge on any atom is -0.476 e. The molecule has 0 saturated carbocycles. The van der Waals surface area contributed by atoms with Crippen molar-refractivity contribution in [3.63, 3.8) is 0 Å². The standard InChI is InChI=1S/C12H14N2O5S/c15-10(6-8-3-5-20(18,19)7-8)14-9-2-1-4-13-11(9)12(16)17/h1-2,4,8H,3,5-7H2,(H,14,15)(H,16,17). The van der Waals surface area contributed by atoms with Gasteiger partial charge in [0.05, 0.1) is 17.2 Å². The van der Waals surface area contributed by atoms with Crippen molar-refractivity contribution < 1.29 is 23.1 Å². The van der Waals surface area contributed by atoms with Crippen molar-refractivity contribution in [1.29, 1.82) is 0 Å². The zero-order valence-electron chi connectivity index (χ0n) is 10.6. The van der Waals surface area contributed by atoms with E-state index in [2.05, 4.69) is 10.3 Å². The van der Waals surface area contributed by atoms with Crippen LogP contribution in [-0.4, -0.2) is 41.9 Å². The number of hydrogen-bond donors (Lipinski definition) is 2. The lowest BCUT2D eigenvalue weighted by atomic mass is 10.0. The van der Waals surface area contributed by atoms with E-state index in [1.165, 1.54) is 18.3 Å². The van der Waals surface area contributed by atoms with E-state index < -0.39 is 21.7 Å². The van der Waals surface area contributed by atoms with Gasteiger partial charge in [-0.15, -0.1) is 0 Å². The van der Waals surface area contributed by atoms with Crippen LogP contribution in [0.4, 0.5) is 5.69 Å². The summed E-state index contributed by atoms with van der Waals surface area (Å²) in [5.74, 6) is -1.71. The number of aromatic nitrogens is 1. The van der Waals surface area contributed by atoms with E-state index in [-0.39, 0.29) is 35.2 Å². The summed E-state index contributed by atoms with van der Waals surface area (Å²) in [6.45, 7) is 0. The Morgan fingerprint density at radius 2 is 2.20 bits per heavy atom. The molecular weight excluding hydrogens is 284 g/mol. The summed E-state index contributed by atoms with van der Waals surface area (Å²) in [5.41, 5.74) is -0.120. The molecule has 1 amide bonds. The number of carbonyl (C=O) groups is 2. The van der Waals surface area contributed by atoms with Crippen LogP contribution in [0.5, 0.6) is 0 Å². The molecule has 1 aliphatic rings. The average molecular weight is 298 g/mol. The lowest BCUT2D eigenvalue weighted by Gasteiger charge is -2.10. The molecule has 108 valence electrons. The highest BCUT2D eigenvalue weighted by atomic mass is 32.2. The Kier molecular flexibility index (Phi) is 4.03. The summed E-state index contributed by atoms with van der Waals surface area (Å²) >= 11 is 0. The first-order chi connectivity index (χ1) is 9.37. The summed E-state index contributed by atoms with van der Waals surface area (Å²) in [6.07, 6.45) is 1.85. The fourth-order valence-electron chi connectivity index (χ4n) is 2.17. The number of amides is 1. The van der Waals surface area contributed by atoms with Gasteiger partial charge in [0.25, 0.3) is 0 Å². The average Bonchev–Trinajstić information content (AvgIpc) is 2.68. The number of carbonyl (C=O) groups excluding carboxylic acids is 1. The molecule has 0 radical (unpaired) electrons. The Morgan fingerprint density at radius 1 is 1.45 bits per heavy atom. The van der Waals surface area contributed by atoms with Gasteiger partial charge >= 0.3 is 5.97 Å². The second-order valence-electron chi connectivity index (χ2n) is 4.73. The molecule has 0 bridgehead atoms. The third-order valence-electron chi connectivity index (χ3n) is 3.09. The first-order valence-corrected chi connectivity index (χ1v) is 7.88. The molecule has 0 aliphatic carbocycles. The van der Waals surface area contributed by atoms with Crippen LogP contribution in [0.1, 0.15) is 23.3 Å². The Labute approximate surface area is 115 Å². The highest BCUT2D eigenvalue weighted by molar-refractivity contribution is 7.91. The smallest absolute Gasteiger partial charge is 0.356 e. The van der Waals surface area contributed by atoms with Gasteiger partial charge in [-0.25, -0.2) is 18.2 Å². The van der Waals surface area contributed by atoms with Crippen LogP contribution < -0.4 is 5.32 Å². The number of carboxylic acids is 1. The summed E-state index contributed by atoms with van der Waals surface area (Å²) < 4.78 is 22.6. The molecule has 1 saturated heterocycles. The lowest BCUT2D eigenvalue weighted by molar-refractivity contribution is -0.116. The predicted octanol–water partition coefficient (Wildman–Crippen LogP) is 0.543. The minimum absolute atomic E-state index is 0.0131. The molecule has 1 aromatic rings. The molecule has 20 heavy (non-hydrogen) atoms. The molecule has 0 aromatic carbocycles. The largest absolute Gasteiger partial charge is 0.476 e. The maximum Gasteiger partial charge on any atom is 0.356 e. The van der Waals surface area contributed by atoms with Crippen LogP contribution in [-0.2, 0) is 14.6 Å². The molecule has 1 aromatic heterocycles. The van der Waals surface area contributed by atoms with Gasteiger partial charge in [0.1, 0.15) is 0 Å². The van der Waals surface area contributed by atoms with Gasteiger partial charge in [-0.1, -0.05) is 0 Å². The fourth-order valence-corrected chi connectivity index (χ4v) is 4.03. The van der Waals surface area contributed by atoms with Gasteiger partial charge < -0.3 is 10.4 Å². The van der Waals surface area contributed by atoms with Crippen LogP contribution in [0.15, 0.2) is 18.3 Å². The van der Waals surface area contributed by atoms with Gasteiger partial charge in [-0.3, -0.25) is 4.79 Å². The first-order valence-electron chi connectivity index (χ1n) is 6.06. The van der Waals surface area contributed by atoms with Crippen molar-refractivity contribution in [2.24, 2.45) is 5.92 Å². The van der Waals surface area contributed by atoms with E-state index in [0.717, 1.165) is 0 Å². The van der Waals surface area contributed by atoms with Crippen LogP contribution >= 0.6 is 0 Å². The maximum absolute atomic E-state index is 11.8. The van der Waals surface area contributed by atoms with Crippen molar-refractivity contribution in [1.82, 2.24) is 4.98 Å². The van der Waals surface area contributed by atoms with E-state index in [1.54, 1.807) is 0 Å². The predicted molar refractivity (Wildman–Crippen MR) is 71.2 cm³/mol. The SMILES string of the molecule is O=C(CC1CCS(=O)(=O)C1)Nc1cccnc1C(=O)O. The summed E-state index contributed by atoms with van der Waals surface area (Å²) in [4.78, 5) is 26.4. The van der Waals surface area contributed by atoms with E-state index in [1.807, 2.05) is 0 Å². The van der Waals surface area contributed by atoms with E-state index >= 15 is 0 Å². The Bertz CT molecular complexity index is 641. The molecular formula is C12H14N2O5S. The molecule has 8 heteroatoms. The number of pyridine rings is 1. The third kappa shape index (κ3) is 3.53. The van der Waals surface area contributed by atoms with Gasteiger partial charge in [0.15, 0.2) is 15.5 Å². The van der Waals surface area contributed by atoms with Crippen molar-refractivity contribution in [2.75, 3.05) is 16.8 Å². The van der Waals surface area contributed by atoms with Crippen LogP contribution in [0.2, 0.25) is 0 Å². The van der Waals surface area contributed by atoms with Crippen molar-refractivity contribution >= 4 is 27.4 Å². The number of sulfone groups is 1. The van der Waals surface area contributed by atoms with E-state index in [0.29, 0.717) is 6.42 Å². The second-order valence-corrected chi connectivity index (χ2v) is 6.95. The fraction of sp³-hybridized carbons (Fsp3) is 0.417. The van der Waals surface area contributed by atoms with Gasteiger partial charge in [-0.2, -0.15) is 0 Å². The molecule has 1 atom stereocenters. The van der Waals surface area contributed by atoms with Crippen LogP contribution in [0, 0.1) is 5.92 Å².